The summed E-state index contributed by atoms with van der Waals surface area (Å²) in [4.78, 5) is 26.5. The molecule has 132 valence electrons. The first-order valence-corrected chi connectivity index (χ1v) is 8.54. The van der Waals surface area contributed by atoms with Crippen LogP contribution in [0.4, 0.5) is 5.69 Å². The van der Waals surface area contributed by atoms with Crippen LogP contribution >= 0.6 is 0 Å². The van der Waals surface area contributed by atoms with Gasteiger partial charge in [0.1, 0.15) is 5.75 Å². The van der Waals surface area contributed by atoms with Crippen LogP contribution in [0.5, 0.6) is 5.75 Å². The van der Waals surface area contributed by atoms with Crippen LogP contribution in [-0.2, 0) is 9.59 Å². The Balaban J connectivity index is 2.02. The van der Waals surface area contributed by atoms with Crippen molar-refractivity contribution in [3.8, 4) is 5.75 Å². The van der Waals surface area contributed by atoms with Crippen LogP contribution < -0.4 is 20.7 Å². The van der Waals surface area contributed by atoms with Gasteiger partial charge in [-0.25, -0.2) is 0 Å². The topological polar surface area (TPSA) is 84.7 Å². The number of carbonyl (C=O) groups excluding carboxylic acids is 2. The number of anilines is 1. The van der Waals surface area contributed by atoms with Crippen LogP contribution in [0, 0.1) is 5.92 Å². The highest BCUT2D eigenvalue weighted by Crippen LogP contribution is 2.32. The maximum absolute atomic E-state index is 12.5. The Morgan fingerprint density at radius 2 is 2.21 bits per heavy atom. The molecule has 2 rings (SSSR count). The SMILES string of the molecule is CCCCC(CN)NC(=O)C1CC(=O)N(c2ccccc2OC)C1. The first-order chi connectivity index (χ1) is 11.6. The van der Waals surface area contributed by atoms with Crippen molar-refractivity contribution < 1.29 is 14.3 Å². The Kier molecular flexibility index (Phi) is 6.61. The second-order valence-electron chi connectivity index (χ2n) is 6.16. The number of methoxy groups -OCH3 is 1. The van der Waals surface area contributed by atoms with E-state index in [4.69, 9.17) is 10.5 Å². The van der Waals surface area contributed by atoms with Crippen LogP contribution in [0.2, 0.25) is 0 Å². The largest absolute Gasteiger partial charge is 0.495 e. The number of para-hydroxylation sites is 2. The molecule has 6 nitrogen and oxygen atoms in total. The molecule has 1 aromatic carbocycles. The summed E-state index contributed by atoms with van der Waals surface area (Å²) in [6.07, 6.45) is 3.18. The third-order valence-corrected chi connectivity index (χ3v) is 4.41. The van der Waals surface area contributed by atoms with Crippen molar-refractivity contribution in [3.63, 3.8) is 0 Å². The third-order valence-electron chi connectivity index (χ3n) is 4.41. The summed E-state index contributed by atoms with van der Waals surface area (Å²) >= 11 is 0. The zero-order chi connectivity index (χ0) is 17.5. The van der Waals surface area contributed by atoms with E-state index in [9.17, 15) is 9.59 Å². The van der Waals surface area contributed by atoms with E-state index in [0.29, 0.717) is 24.5 Å². The van der Waals surface area contributed by atoms with Gasteiger partial charge in [-0.15, -0.1) is 0 Å². The molecule has 1 aliphatic rings. The molecule has 24 heavy (non-hydrogen) atoms. The monoisotopic (exact) mass is 333 g/mol. The molecule has 1 aromatic rings. The molecule has 1 heterocycles. The lowest BCUT2D eigenvalue weighted by molar-refractivity contribution is -0.126. The number of nitrogens with two attached hydrogens (primary N) is 1. The minimum Gasteiger partial charge on any atom is -0.495 e. The first kappa shape index (κ1) is 18.3. The molecule has 2 amide bonds. The number of rotatable bonds is 8. The Bertz CT molecular complexity index is 576. The number of hydrogen-bond acceptors (Lipinski definition) is 4. The minimum atomic E-state index is -0.349. The van der Waals surface area contributed by atoms with E-state index in [1.807, 2.05) is 24.3 Å². The minimum absolute atomic E-state index is 0.0205. The van der Waals surface area contributed by atoms with Gasteiger partial charge in [0, 0.05) is 25.6 Å². The summed E-state index contributed by atoms with van der Waals surface area (Å²) < 4.78 is 5.32. The first-order valence-electron chi connectivity index (χ1n) is 8.54. The summed E-state index contributed by atoms with van der Waals surface area (Å²) in [7, 11) is 1.57. The van der Waals surface area contributed by atoms with Gasteiger partial charge in [-0.3, -0.25) is 9.59 Å². The normalized spacial score (nSPS) is 18.5. The van der Waals surface area contributed by atoms with Gasteiger partial charge in [0.15, 0.2) is 0 Å². The van der Waals surface area contributed by atoms with E-state index in [1.165, 1.54) is 0 Å². The molecule has 6 heteroatoms. The van der Waals surface area contributed by atoms with Gasteiger partial charge in [0.25, 0.3) is 0 Å². The fourth-order valence-corrected chi connectivity index (χ4v) is 2.99. The summed E-state index contributed by atoms with van der Waals surface area (Å²) in [5.41, 5.74) is 6.45. The molecule has 0 saturated carbocycles. The van der Waals surface area contributed by atoms with Crippen LogP contribution in [0.1, 0.15) is 32.6 Å². The summed E-state index contributed by atoms with van der Waals surface area (Å²) in [5, 5.41) is 2.99. The Hall–Kier alpha value is -2.08. The molecule has 1 aliphatic heterocycles. The molecule has 0 aromatic heterocycles. The van der Waals surface area contributed by atoms with Crippen LogP contribution in [0.3, 0.4) is 0 Å². The van der Waals surface area contributed by atoms with E-state index in [-0.39, 0.29) is 30.2 Å². The highest BCUT2D eigenvalue weighted by molar-refractivity contribution is 6.01. The van der Waals surface area contributed by atoms with Crippen LogP contribution in [0.15, 0.2) is 24.3 Å². The third kappa shape index (κ3) is 4.26. The molecule has 1 fully saturated rings. The van der Waals surface area contributed by atoms with Crippen molar-refractivity contribution >= 4 is 17.5 Å². The highest BCUT2D eigenvalue weighted by Gasteiger charge is 2.36. The average Bonchev–Trinajstić information content (AvgIpc) is 3.00. The van der Waals surface area contributed by atoms with Gasteiger partial charge < -0.3 is 20.7 Å². The van der Waals surface area contributed by atoms with E-state index >= 15 is 0 Å². The van der Waals surface area contributed by atoms with Gasteiger partial charge >= 0.3 is 0 Å². The van der Waals surface area contributed by atoms with Crippen molar-refractivity contribution in [2.24, 2.45) is 11.7 Å². The van der Waals surface area contributed by atoms with Crippen LogP contribution in [-0.4, -0.2) is 38.1 Å². The fraction of sp³-hybridized carbons (Fsp3) is 0.556. The number of benzene rings is 1. The van der Waals surface area contributed by atoms with E-state index in [1.54, 1.807) is 12.0 Å². The Labute approximate surface area is 143 Å². The number of carbonyl (C=O) groups is 2. The van der Waals surface area contributed by atoms with E-state index in [0.717, 1.165) is 19.3 Å². The fourth-order valence-electron chi connectivity index (χ4n) is 2.99. The second-order valence-corrected chi connectivity index (χ2v) is 6.16. The maximum Gasteiger partial charge on any atom is 0.227 e. The Morgan fingerprint density at radius 3 is 2.88 bits per heavy atom. The highest BCUT2D eigenvalue weighted by atomic mass is 16.5. The summed E-state index contributed by atoms with van der Waals surface area (Å²) in [5.74, 6) is 0.137. The quantitative estimate of drug-likeness (QED) is 0.758. The summed E-state index contributed by atoms with van der Waals surface area (Å²) in [6, 6.07) is 7.33. The van der Waals surface area contributed by atoms with Gasteiger partial charge in [-0.1, -0.05) is 31.9 Å². The lowest BCUT2D eigenvalue weighted by Gasteiger charge is -2.21. The predicted octanol–water partition coefficient (Wildman–Crippen LogP) is 1.68. The molecule has 2 unspecified atom stereocenters. The molecule has 1 saturated heterocycles. The van der Waals surface area contributed by atoms with Gasteiger partial charge in [-0.2, -0.15) is 0 Å². The van der Waals surface area contributed by atoms with E-state index in [2.05, 4.69) is 12.2 Å². The van der Waals surface area contributed by atoms with Crippen LogP contribution in [0.25, 0.3) is 0 Å². The van der Waals surface area contributed by atoms with Crippen molar-refractivity contribution in [2.75, 3.05) is 25.1 Å². The number of ether oxygens (including phenoxy) is 1. The van der Waals surface area contributed by atoms with Gasteiger partial charge in [0.05, 0.1) is 18.7 Å². The van der Waals surface area contributed by atoms with Crippen molar-refractivity contribution in [1.82, 2.24) is 5.32 Å². The zero-order valence-corrected chi connectivity index (χ0v) is 14.5. The smallest absolute Gasteiger partial charge is 0.227 e. The van der Waals surface area contributed by atoms with Crippen molar-refractivity contribution in [3.05, 3.63) is 24.3 Å². The maximum atomic E-state index is 12.5. The average molecular weight is 333 g/mol. The second kappa shape index (κ2) is 8.68. The molecule has 0 spiro atoms. The van der Waals surface area contributed by atoms with Gasteiger partial charge in [-0.05, 0) is 18.6 Å². The number of nitrogens with one attached hydrogen (secondary N) is 1. The summed E-state index contributed by atoms with van der Waals surface area (Å²) in [6.45, 7) is 2.90. The number of hydrogen-bond donors (Lipinski definition) is 2. The molecule has 0 radical (unpaired) electrons. The van der Waals surface area contributed by atoms with Crippen molar-refractivity contribution in [2.45, 2.75) is 38.6 Å². The number of unbranched alkanes of at least 4 members (excludes halogenated alkanes) is 1. The Morgan fingerprint density at radius 1 is 1.46 bits per heavy atom. The standard InChI is InChI=1S/C18H27N3O3/c1-3-4-7-14(11-19)20-18(23)13-10-17(22)21(12-13)15-8-5-6-9-16(15)24-2/h5-6,8-9,13-14H,3-4,7,10-12,19H2,1-2H3,(H,20,23). The molecule has 2 atom stereocenters. The lowest BCUT2D eigenvalue weighted by atomic mass is 10.1. The molecule has 0 aliphatic carbocycles. The number of amides is 2. The van der Waals surface area contributed by atoms with E-state index < -0.39 is 0 Å². The van der Waals surface area contributed by atoms with Gasteiger partial charge in [0.2, 0.25) is 11.8 Å². The lowest BCUT2D eigenvalue weighted by Crippen LogP contribution is -2.43. The molecule has 3 N–H and O–H groups in total. The zero-order valence-electron chi connectivity index (χ0n) is 14.5. The molecular formula is C18H27N3O3. The molecule has 0 bridgehead atoms. The van der Waals surface area contributed by atoms with Crippen molar-refractivity contribution in [1.29, 1.82) is 0 Å². The predicted molar refractivity (Wildman–Crippen MR) is 94.0 cm³/mol. The number of nitrogens with zero attached hydrogens (tertiary/aromatic N) is 1. The molecular weight excluding hydrogens is 306 g/mol.